The lowest BCUT2D eigenvalue weighted by molar-refractivity contribution is 0.215. The van der Waals surface area contributed by atoms with Crippen molar-refractivity contribution in [2.75, 3.05) is 19.6 Å². The van der Waals surface area contributed by atoms with E-state index < -0.39 is 9.84 Å². The number of hydrogen-bond acceptors (Lipinski definition) is 3. The Morgan fingerprint density at radius 3 is 2.50 bits per heavy atom. The Balaban J connectivity index is 1.16. The smallest absolute Gasteiger partial charge is 0.208 e. The fourth-order valence-corrected chi connectivity index (χ4v) is 6.99. The summed E-state index contributed by atoms with van der Waals surface area (Å²) in [6.07, 6.45) is 6.53. The summed E-state index contributed by atoms with van der Waals surface area (Å²) >= 11 is 0. The maximum absolute atomic E-state index is 13.7. The van der Waals surface area contributed by atoms with Crippen LogP contribution in [-0.2, 0) is 16.3 Å². The van der Waals surface area contributed by atoms with Crippen LogP contribution in [0.2, 0.25) is 0 Å². The van der Waals surface area contributed by atoms with Crippen LogP contribution in [0.25, 0.3) is 21.8 Å². The Morgan fingerprint density at radius 2 is 1.69 bits per heavy atom. The first-order chi connectivity index (χ1) is 17.5. The van der Waals surface area contributed by atoms with Gasteiger partial charge in [-0.15, -0.1) is 0 Å². The second-order valence-corrected chi connectivity index (χ2v) is 11.5. The molecule has 0 atom stereocenters. The average Bonchev–Trinajstić information content (AvgIpc) is 3.53. The third-order valence-corrected chi connectivity index (χ3v) is 9.32. The number of H-pyrrole nitrogens is 2. The molecule has 1 aliphatic rings. The number of sulfone groups is 1. The summed E-state index contributed by atoms with van der Waals surface area (Å²) in [6, 6.07) is 19.5. The van der Waals surface area contributed by atoms with E-state index in [1.807, 2.05) is 24.4 Å². The number of aromatic amines is 2. The SMILES string of the molecule is O=S(=O)(c1ccccc1)c1c[nH]c2c(C3CCN(CCc4c[nH]c5ccc(F)cc45)CC3)cccc12. The molecule has 0 amide bonds. The lowest BCUT2D eigenvalue weighted by Crippen LogP contribution is -2.34. The van der Waals surface area contributed by atoms with Crippen molar-refractivity contribution >= 4 is 31.6 Å². The molecule has 5 aromatic rings. The summed E-state index contributed by atoms with van der Waals surface area (Å²) in [5, 5.41) is 1.72. The van der Waals surface area contributed by atoms with Gasteiger partial charge in [-0.3, -0.25) is 0 Å². The fraction of sp³-hybridized carbons (Fsp3) is 0.241. The van der Waals surface area contributed by atoms with Gasteiger partial charge in [0, 0.05) is 35.2 Å². The van der Waals surface area contributed by atoms with Gasteiger partial charge in [-0.2, -0.15) is 0 Å². The molecule has 7 heteroatoms. The number of likely N-dealkylation sites (tertiary alicyclic amines) is 1. The Labute approximate surface area is 209 Å². The number of fused-ring (bicyclic) bond motifs is 2. The van der Waals surface area contributed by atoms with E-state index in [4.69, 9.17) is 0 Å². The predicted octanol–water partition coefficient (Wildman–Crippen LogP) is 6.04. The highest BCUT2D eigenvalue weighted by molar-refractivity contribution is 7.91. The Hall–Kier alpha value is -3.42. The highest BCUT2D eigenvalue weighted by atomic mass is 32.2. The number of nitrogens with one attached hydrogen (secondary N) is 2. The van der Waals surface area contributed by atoms with Gasteiger partial charge in [-0.25, -0.2) is 12.8 Å². The molecule has 2 aromatic heterocycles. The molecule has 6 rings (SSSR count). The summed E-state index contributed by atoms with van der Waals surface area (Å²) in [4.78, 5) is 9.63. The summed E-state index contributed by atoms with van der Waals surface area (Å²) in [7, 11) is -3.59. The predicted molar refractivity (Wildman–Crippen MR) is 141 cm³/mol. The second-order valence-electron chi connectivity index (χ2n) is 9.61. The molecule has 0 bridgehead atoms. The van der Waals surface area contributed by atoms with Gasteiger partial charge in [0.05, 0.1) is 15.3 Å². The van der Waals surface area contributed by atoms with Crippen LogP contribution in [0.1, 0.15) is 29.9 Å². The van der Waals surface area contributed by atoms with E-state index >= 15 is 0 Å². The molecule has 2 N–H and O–H groups in total. The molecular weight excluding hydrogens is 473 g/mol. The molecule has 184 valence electrons. The van der Waals surface area contributed by atoms with Gasteiger partial charge in [-0.05, 0) is 79.7 Å². The van der Waals surface area contributed by atoms with Crippen LogP contribution in [-0.4, -0.2) is 42.9 Å². The maximum Gasteiger partial charge on any atom is 0.208 e. The molecule has 0 spiro atoms. The van der Waals surface area contributed by atoms with Crippen molar-refractivity contribution in [3.63, 3.8) is 0 Å². The van der Waals surface area contributed by atoms with Gasteiger partial charge in [0.1, 0.15) is 5.82 Å². The number of rotatable bonds is 6. The van der Waals surface area contributed by atoms with Crippen molar-refractivity contribution < 1.29 is 12.8 Å². The van der Waals surface area contributed by atoms with Gasteiger partial charge in [0.25, 0.3) is 0 Å². The highest BCUT2D eigenvalue weighted by Crippen LogP contribution is 2.36. The zero-order valence-corrected chi connectivity index (χ0v) is 20.7. The average molecular weight is 502 g/mol. The molecule has 1 fully saturated rings. The number of hydrogen-bond donors (Lipinski definition) is 2. The maximum atomic E-state index is 13.7. The van der Waals surface area contributed by atoms with Crippen molar-refractivity contribution in [2.24, 2.45) is 0 Å². The Bertz CT molecular complexity index is 1630. The third-order valence-electron chi connectivity index (χ3n) is 7.51. The van der Waals surface area contributed by atoms with Gasteiger partial charge < -0.3 is 14.9 Å². The lowest BCUT2D eigenvalue weighted by atomic mass is 9.88. The number of piperidine rings is 1. The van der Waals surface area contributed by atoms with Crippen LogP contribution >= 0.6 is 0 Å². The van der Waals surface area contributed by atoms with Crippen LogP contribution in [0, 0.1) is 5.82 Å². The number of nitrogens with zero attached hydrogens (tertiary/aromatic N) is 1. The number of benzene rings is 3. The van der Waals surface area contributed by atoms with E-state index in [2.05, 4.69) is 20.9 Å². The second kappa shape index (κ2) is 9.22. The van der Waals surface area contributed by atoms with Gasteiger partial charge in [0.15, 0.2) is 0 Å². The normalized spacial score (nSPS) is 15.7. The van der Waals surface area contributed by atoms with E-state index in [9.17, 15) is 12.8 Å². The largest absolute Gasteiger partial charge is 0.361 e. The monoisotopic (exact) mass is 501 g/mol. The van der Waals surface area contributed by atoms with Crippen LogP contribution in [0.15, 0.2) is 88.9 Å². The van der Waals surface area contributed by atoms with Crippen molar-refractivity contribution in [2.45, 2.75) is 35.0 Å². The van der Waals surface area contributed by atoms with Gasteiger partial charge in [-0.1, -0.05) is 36.4 Å². The van der Waals surface area contributed by atoms with Crippen molar-refractivity contribution in [1.29, 1.82) is 0 Å². The molecule has 3 heterocycles. The Kier molecular flexibility index (Phi) is 5.90. The molecule has 3 aromatic carbocycles. The summed E-state index contributed by atoms with van der Waals surface area (Å²) in [5.74, 6) is 0.167. The molecule has 36 heavy (non-hydrogen) atoms. The molecule has 1 saturated heterocycles. The van der Waals surface area contributed by atoms with Gasteiger partial charge >= 0.3 is 0 Å². The molecule has 5 nitrogen and oxygen atoms in total. The first-order valence-electron chi connectivity index (χ1n) is 12.4. The van der Waals surface area contributed by atoms with Crippen LogP contribution in [0.3, 0.4) is 0 Å². The quantitative estimate of drug-likeness (QED) is 0.298. The van der Waals surface area contributed by atoms with Crippen LogP contribution in [0.4, 0.5) is 4.39 Å². The first kappa shape index (κ1) is 23.0. The molecule has 0 radical (unpaired) electrons. The third kappa shape index (κ3) is 4.12. The molecular formula is C29H28FN3O2S. The number of para-hydroxylation sites is 1. The minimum absolute atomic E-state index is 0.206. The van der Waals surface area contributed by atoms with E-state index in [0.717, 1.165) is 66.3 Å². The van der Waals surface area contributed by atoms with E-state index in [0.29, 0.717) is 15.7 Å². The molecule has 1 aliphatic heterocycles. The Morgan fingerprint density at radius 1 is 0.889 bits per heavy atom. The molecule has 0 unspecified atom stereocenters. The van der Waals surface area contributed by atoms with Crippen LogP contribution < -0.4 is 0 Å². The number of aromatic nitrogens is 2. The van der Waals surface area contributed by atoms with Crippen molar-refractivity contribution in [3.8, 4) is 0 Å². The van der Waals surface area contributed by atoms with Crippen molar-refractivity contribution in [1.82, 2.24) is 14.9 Å². The van der Waals surface area contributed by atoms with Crippen LogP contribution in [0.5, 0.6) is 0 Å². The molecule has 0 aliphatic carbocycles. The minimum atomic E-state index is -3.59. The lowest BCUT2D eigenvalue weighted by Gasteiger charge is -2.32. The zero-order chi connectivity index (χ0) is 24.7. The summed E-state index contributed by atoms with van der Waals surface area (Å²) in [6.45, 7) is 2.89. The van der Waals surface area contributed by atoms with E-state index in [1.54, 1.807) is 42.6 Å². The molecule has 0 saturated carbocycles. The van der Waals surface area contributed by atoms with E-state index in [-0.39, 0.29) is 5.82 Å². The summed E-state index contributed by atoms with van der Waals surface area (Å²) < 4.78 is 40.2. The zero-order valence-electron chi connectivity index (χ0n) is 19.9. The topological polar surface area (TPSA) is 69.0 Å². The highest BCUT2D eigenvalue weighted by Gasteiger charge is 2.26. The van der Waals surface area contributed by atoms with Gasteiger partial charge in [0.2, 0.25) is 9.84 Å². The fourth-order valence-electron chi connectivity index (χ4n) is 5.54. The van der Waals surface area contributed by atoms with E-state index in [1.165, 1.54) is 11.6 Å². The first-order valence-corrected chi connectivity index (χ1v) is 13.9. The standard InChI is InChI=1S/C29H28FN3O2S/c30-22-9-10-27-26(17-22)21(18-31-27)13-16-33-14-11-20(12-15-33)24-7-4-8-25-28(19-32-29(24)25)36(34,35)23-5-2-1-3-6-23/h1-10,17-20,31-32H,11-16H2. The van der Waals surface area contributed by atoms with Crippen molar-refractivity contribution in [3.05, 3.63) is 96.1 Å². The minimum Gasteiger partial charge on any atom is -0.361 e. The number of halogens is 1. The summed E-state index contributed by atoms with van der Waals surface area (Å²) in [5.41, 5.74) is 4.23.